The first-order valence-electron chi connectivity index (χ1n) is 7.11. The third kappa shape index (κ3) is 4.23. The third-order valence-electron chi connectivity index (χ3n) is 3.79. The Kier molecular flexibility index (Phi) is 4.11. The molecule has 1 saturated heterocycles. The van der Waals surface area contributed by atoms with E-state index in [1.807, 2.05) is 0 Å². The zero-order valence-corrected chi connectivity index (χ0v) is 11.8. The molecule has 17 heavy (non-hydrogen) atoms. The Balaban J connectivity index is 1.74. The Bertz CT molecular complexity index is 251. The molecule has 0 bridgehead atoms. The molecular formula is C14H28N2O. The second kappa shape index (κ2) is 5.25. The number of morpholine rings is 1. The number of hydrogen-bond acceptors (Lipinski definition) is 3. The molecule has 2 fully saturated rings. The van der Waals surface area contributed by atoms with Crippen LogP contribution in [0, 0.1) is 0 Å². The molecule has 0 amide bonds. The van der Waals surface area contributed by atoms with Gasteiger partial charge in [-0.15, -0.1) is 0 Å². The molecular weight excluding hydrogens is 212 g/mol. The highest BCUT2D eigenvalue weighted by atomic mass is 16.5. The Labute approximate surface area is 106 Å². The lowest BCUT2D eigenvalue weighted by molar-refractivity contribution is -0.136. The van der Waals surface area contributed by atoms with Crippen LogP contribution in [0.4, 0.5) is 0 Å². The quantitative estimate of drug-likeness (QED) is 0.795. The maximum absolute atomic E-state index is 5.95. The van der Waals surface area contributed by atoms with E-state index >= 15 is 0 Å². The molecule has 100 valence electrons. The van der Waals surface area contributed by atoms with Crippen molar-refractivity contribution >= 4 is 0 Å². The maximum Gasteiger partial charge on any atom is 0.0757 e. The van der Waals surface area contributed by atoms with E-state index in [1.165, 1.54) is 19.3 Å². The van der Waals surface area contributed by atoms with Gasteiger partial charge < -0.3 is 10.1 Å². The molecule has 2 atom stereocenters. The van der Waals surface area contributed by atoms with Crippen molar-refractivity contribution in [1.82, 2.24) is 10.2 Å². The largest absolute Gasteiger partial charge is 0.370 e. The summed E-state index contributed by atoms with van der Waals surface area (Å²) in [5.74, 6) is 0. The summed E-state index contributed by atoms with van der Waals surface area (Å²) in [5, 5.41) is 3.60. The summed E-state index contributed by atoms with van der Waals surface area (Å²) >= 11 is 0. The molecule has 2 unspecified atom stereocenters. The Morgan fingerprint density at radius 3 is 2.71 bits per heavy atom. The van der Waals surface area contributed by atoms with Crippen LogP contribution >= 0.6 is 0 Å². The van der Waals surface area contributed by atoms with Crippen LogP contribution in [-0.2, 0) is 4.74 Å². The Hall–Kier alpha value is -0.120. The molecule has 1 saturated carbocycles. The highest BCUT2D eigenvalue weighted by Crippen LogP contribution is 2.23. The van der Waals surface area contributed by atoms with Crippen LogP contribution in [0.25, 0.3) is 0 Å². The summed E-state index contributed by atoms with van der Waals surface area (Å²) in [4.78, 5) is 2.59. The first-order chi connectivity index (χ1) is 7.96. The van der Waals surface area contributed by atoms with Crippen molar-refractivity contribution in [3.63, 3.8) is 0 Å². The molecule has 1 N–H and O–H groups in total. The molecule has 0 aromatic heterocycles. The maximum atomic E-state index is 5.95. The number of nitrogens with one attached hydrogen (secondary N) is 1. The number of ether oxygens (including phenoxy) is 1. The molecule has 1 heterocycles. The molecule has 0 aromatic carbocycles. The normalized spacial score (nSPS) is 31.4. The van der Waals surface area contributed by atoms with Gasteiger partial charge in [0.2, 0.25) is 0 Å². The smallest absolute Gasteiger partial charge is 0.0757 e. The van der Waals surface area contributed by atoms with Crippen molar-refractivity contribution in [3.8, 4) is 0 Å². The van der Waals surface area contributed by atoms with E-state index in [1.54, 1.807) is 0 Å². The van der Waals surface area contributed by atoms with Crippen LogP contribution in [0.3, 0.4) is 0 Å². The molecule has 2 aliphatic rings. The summed E-state index contributed by atoms with van der Waals surface area (Å²) < 4.78 is 5.95. The molecule has 0 radical (unpaired) electrons. The fourth-order valence-corrected chi connectivity index (χ4v) is 2.81. The number of nitrogens with zero attached hydrogens (tertiary/aromatic N) is 1. The lowest BCUT2D eigenvalue weighted by Gasteiger charge is -2.44. The van der Waals surface area contributed by atoms with Crippen LogP contribution in [-0.4, -0.2) is 48.3 Å². The SMILES string of the molecule is CC1CN(C(C)CCNC2CC2)CC(C)(C)O1. The van der Waals surface area contributed by atoms with Crippen LogP contribution < -0.4 is 5.32 Å². The summed E-state index contributed by atoms with van der Waals surface area (Å²) in [6.45, 7) is 12.2. The predicted molar refractivity (Wildman–Crippen MR) is 71.3 cm³/mol. The van der Waals surface area contributed by atoms with E-state index in [2.05, 4.69) is 37.9 Å². The van der Waals surface area contributed by atoms with Crippen molar-refractivity contribution in [1.29, 1.82) is 0 Å². The highest BCUT2D eigenvalue weighted by molar-refractivity contribution is 4.86. The van der Waals surface area contributed by atoms with E-state index in [9.17, 15) is 0 Å². The standard InChI is InChI=1S/C14H28N2O/c1-11(7-8-15-13-5-6-13)16-9-12(2)17-14(3,4)10-16/h11-13,15H,5-10H2,1-4H3. The Morgan fingerprint density at radius 1 is 1.41 bits per heavy atom. The predicted octanol–water partition coefficient (Wildman–Crippen LogP) is 2.02. The van der Waals surface area contributed by atoms with Crippen LogP contribution in [0.5, 0.6) is 0 Å². The van der Waals surface area contributed by atoms with Crippen LogP contribution in [0.2, 0.25) is 0 Å². The van der Waals surface area contributed by atoms with Gasteiger partial charge in [0, 0.05) is 25.2 Å². The second-order valence-corrected chi connectivity index (χ2v) is 6.48. The van der Waals surface area contributed by atoms with Gasteiger partial charge in [0.1, 0.15) is 0 Å². The minimum Gasteiger partial charge on any atom is -0.370 e. The molecule has 1 aliphatic carbocycles. The first-order valence-corrected chi connectivity index (χ1v) is 7.11. The van der Waals surface area contributed by atoms with E-state index in [0.717, 1.165) is 25.7 Å². The fourth-order valence-electron chi connectivity index (χ4n) is 2.81. The topological polar surface area (TPSA) is 24.5 Å². The molecule has 3 heteroatoms. The first kappa shape index (κ1) is 13.3. The van der Waals surface area contributed by atoms with E-state index < -0.39 is 0 Å². The van der Waals surface area contributed by atoms with Crippen molar-refractivity contribution < 1.29 is 4.74 Å². The van der Waals surface area contributed by atoms with Gasteiger partial charge in [-0.05, 0) is 53.5 Å². The van der Waals surface area contributed by atoms with E-state index in [4.69, 9.17) is 4.74 Å². The zero-order chi connectivity index (χ0) is 12.5. The van der Waals surface area contributed by atoms with Gasteiger partial charge in [-0.1, -0.05) is 0 Å². The number of hydrogen-bond donors (Lipinski definition) is 1. The summed E-state index contributed by atoms with van der Waals surface area (Å²) in [6.07, 6.45) is 4.38. The minimum atomic E-state index is 0.00977. The average Bonchev–Trinajstić information content (AvgIpc) is 2.98. The van der Waals surface area contributed by atoms with Crippen molar-refractivity contribution in [2.24, 2.45) is 0 Å². The van der Waals surface area contributed by atoms with Gasteiger partial charge >= 0.3 is 0 Å². The average molecular weight is 240 g/mol. The highest BCUT2D eigenvalue weighted by Gasteiger charge is 2.33. The molecule has 0 spiro atoms. The second-order valence-electron chi connectivity index (χ2n) is 6.48. The summed E-state index contributed by atoms with van der Waals surface area (Å²) in [5.41, 5.74) is 0.00977. The van der Waals surface area contributed by atoms with Gasteiger partial charge in [0.15, 0.2) is 0 Å². The van der Waals surface area contributed by atoms with Crippen molar-refractivity contribution in [2.75, 3.05) is 19.6 Å². The summed E-state index contributed by atoms with van der Waals surface area (Å²) in [7, 11) is 0. The van der Waals surface area contributed by atoms with E-state index in [-0.39, 0.29) is 5.60 Å². The lowest BCUT2D eigenvalue weighted by atomic mass is 10.0. The van der Waals surface area contributed by atoms with E-state index in [0.29, 0.717) is 12.1 Å². The third-order valence-corrected chi connectivity index (χ3v) is 3.79. The minimum absolute atomic E-state index is 0.00977. The molecule has 0 aromatic rings. The van der Waals surface area contributed by atoms with Gasteiger partial charge in [-0.2, -0.15) is 0 Å². The summed E-state index contributed by atoms with van der Waals surface area (Å²) in [6, 6.07) is 1.49. The van der Waals surface area contributed by atoms with Crippen molar-refractivity contribution in [2.45, 2.75) is 70.7 Å². The monoisotopic (exact) mass is 240 g/mol. The van der Waals surface area contributed by atoms with Crippen LogP contribution in [0.1, 0.15) is 47.0 Å². The van der Waals surface area contributed by atoms with Crippen LogP contribution in [0.15, 0.2) is 0 Å². The van der Waals surface area contributed by atoms with Crippen molar-refractivity contribution in [3.05, 3.63) is 0 Å². The molecule has 1 aliphatic heterocycles. The lowest BCUT2D eigenvalue weighted by Crippen LogP contribution is -2.54. The number of rotatable bonds is 5. The molecule has 2 rings (SSSR count). The molecule has 3 nitrogen and oxygen atoms in total. The van der Waals surface area contributed by atoms with Gasteiger partial charge in [-0.3, -0.25) is 4.90 Å². The van der Waals surface area contributed by atoms with Gasteiger partial charge in [0.25, 0.3) is 0 Å². The Morgan fingerprint density at radius 2 is 2.12 bits per heavy atom. The van der Waals surface area contributed by atoms with Gasteiger partial charge in [-0.25, -0.2) is 0 Å². The zero-order valence-electron chi connectivity index (χ0n) is 11.8. The fraction of sp³-hybridized carbons (Fsp3) is 1.00. The van der Waals surface area contributed by atoms with Gasteiger partial charge in [0.05, 0.1) is 11.7 Å².